The lowest BCUT2D eigenvalue weighted by Crippen LogP contribution is -2.43. The molecule has 3 rings (SSSR count). The van der Waals surface area contributed by atoms with Crippen molar-refractivity contribution in [2.24, 2.45) is 5.92 Å². The Kier molecular flexibility index (Phi) is 5.21. The number of hydrogen-bond donors (Lipinski definition) is 2. The summed E-state index contributed by atoms with van der Waals surface area (Å²) in [5.74, 6) is -2.11. The molecule has 0 aliphatic heterocycles. The van der Waals surface area contributed by atoms with Crippen molar-refractivity contribution in [1.82, 2.24) is 5.32 Å². The molecular weight excluding hydrogens is 359 g/mol. The molecule has 27 heavy (non-hydrogen) atoms. The van der Waals surface area contributed by atoms with E-state index in [2.05, 4.69) is 5.32 Å². The highest BCUT2D eigenvalue weighted by atomic mass is 19.4. The quantitative estimate of drug-likeness (QED) is 0.808. The molecule has 3 atom stereocenters. The van der Waals surface area contributed by atoms with Crippen LogP contribution >= 0.6 is 0 Å². The molecule has 2 aromatic carbocycles. The molecule has 0 bridgehead atoms. The third kappa shape index (κ3) is 4.67. The normalized spacial score (nSPS) is 20.0. The molecule has 142 valence electrons. The third-order valence-electron chi connectivity index (χ3n) is 4.69. The van der Waals surface area contributed by atoms with Crippen LogP contribution in [0.3, 0.4) is 0 Å². The van der Waals surface area contributed by atoms with Gasteiger partial charge in [-0.1, -0.05) is 42.5 Å². The standard InChI is InChI=1S/C20H18F3NO3/c21-20(22,23)14-8-6-13(7-9-14)15-11-16(15)18(25)24-17(19(26)27)10-12-4-2-1-3-5-12/h1-9,15-17H,10-11H2,(H,24,25)(H,26,27). The highest BCUT2D eigenvalue weighted by molar-refractivity contribution is 5.87. The fourth-order valence-electron chi connectivity index (χ4n) is 3.10. The first-order valence-corrected chi connectivity index (χ1v) is 8.50. The van der Waals surface area contributed by atoms with Crippen LogP contribution in [-0.4, -0.2) is 23.0 Å². The average molecular weight is 377 g/mol. The van der Waals surface area contributed by atoms with Gasteiger partial charge in [0.05, 0.1) is 5.56 Å². The van der Waals surface area contributed by atoms with E-state index in [4.69, 9.17) is 0 Å². The van der Waals surface area contributed by atoms with E-state index in [1.54, 1.807) is 24.3 Å². The van der Waals surface area contributed by atoms with Crippen LogP contribution < -0.4 is 5.32 Å². The summed E-state index contributed by atoms with van der Waals surface area (Å²) < 4.78 is 37.9. The second-order valence-electron chi connectivity index (χ2n) is 6.66. The lowest BCUT2D eigenvalue weighted by Gasteiger charge is -2.15. The van der Waals surface area contributed by atoms with E-state index in [9.17, 15) is 27.9 Å². The predicted molar refractivity (Wildman–Crippen MR) is 92.0 cm³/mol. The van der Waals surface area contributed by atoms with Crippen molar-refractivity contribution >= 4 is 11.9 Å². The summed E-state index contributed by atoms with van der Waals surface area (Å²) in [6.45, 7) is 0. The number of aliphatic carboxylic acids is 1. The second-order valence-corrected chi connectivity index (χ2v) is 6.66. The number of carbonyl (C=O) groups is 2. The van der Waals surface area contributed by atoms with Crippen LogP contribution in [-0.2, 0) is 22.2 Å². The predicted octanol–water partition coefficient (Wildman–Crippen LogP) is 3.62. The fraction of sp³-hybridized carbons (Fsp3) is 0.300. The van der Waals surface area contributed by atoms with Gasteiger partial charge >= 0.3 is 12.1 Å². The van der Waals surface area contributed by atoms with Gasteiger partial charge in [0.15, 0.2) is 0 Å². The van der Waals surface area contributed by atoms with Gasteiger partial charge in [-0.2, -0.15) is 13.2 Å². The molecule has 2 aromatic rings. The van der Waals surface area contributed by atoms with Crippen LogP contribution in [0.2, 0.25) is 0 Å². The van der Waals surface area contributed by atoms with E-state index in [-0.39, 0.29) is 18.2 Å². The summed E-state index contributed by atoms with van der Waals surface area (Å²) >= 11 is 0. The van der Waals surface area contributed by atoms with Crippen LogP contribution in [0, 0.1) is 5.92 Å². The number of carbonyl (C=O) groups excluding carboxylic acids is 1. The maximum absolute atomic E-state index is 12.6. The summed E-state index contributed by atoms with van der Waals surface area (Å²) in [5, 5.41) is 11.9. The molecule has 0 radical (unpaired) electrons. The van der Waals surface area contributed by atoms with Gasteiger partial charge in [0.25, 0.3) is 0 Å². The van der Waals surface area contributed by atoms with E-state index >= 15 is 0 Å². The van der Waals surface area contributed by atoms with Crippen molar-refractivity contribution in [2.45, 2.75) is 31.0 Å². The lowest BCUT2D eigenvalue weighted by molar-refractivity contribution is -0.142. The summed E-state index contributed by atoms with van der Waals surface area (Å²) in [6, 6.07) is 12.7. The maximum atomic E-state index is 12.6. The summed E-state index contributed by atoms with van der Waals surface area (Å²) in [6.07, 6.45) is -3.74. The molecule has 1 aliphatic rings. The van der Waals surface area contributed by atoms with E-state index in [1.807, 2.05) is 6.07 Å². The molecule has 1 saturated carbocycles. The Morgan fingerprint density at radius 3 is 2.26 bits per heavy atom. The number of alkyl halides is 3. The minimum atomic E-state index is -4.40. The first kappa shape index (κ1) is 18.9. The van der Waals surface area contributed by atoms with Gasteiger partial charge in [0.2, 0.25) is 5.91 Å². The highest BCUT2D eigenvalue weighted by Crippen LogP contribution is 2.48. The number of carboxylic acid groups (broad SMARTS) is 1. The van der Waals surface area contributed by atoms with Gasteiger partial charge in [-0.15, -0.1) is 0 Å². The number of hydrogen-bond acceptors (Lipinski definition) is 2. The zero-order valence-corrected chi connectivity index (χ0v) is 14.2. The molecule has 1 amide bonds. The minimum absolute atomic E-state index is 0.166. The SMILES string of the molecule is O=C(O)C(Cc1ccccc1)NC(=O)C1CC1c1ccc(C(F)(F)F)cc1. The Hall–Kier alpha value is -2.83. The Morgan fingerprint density at radius 1 is 1.07 bits per heavy atom. The van der Waals surface area contributed by atoms with Crippen molar-refractivity contribution < 1.29 is 27.9 Å². The molecule has 4 nitrogen and oxygen atoms in total. The molecule has 0 saturated heterocycles. The average Bonchev–Trinajstić information content (AvgIpc) is 3.42. The Morgan fingerprint density at radius 2 is 1.70 bits per heavy atom. The van der Waals surface area contributed by atoms with E-state index in [0.717, 1.165) is 17.7 Å². The zero-order valence-electron chi connectivity index (χ0n) is 14.2. The van der Waals surface area contributed by atoms with Crippen LogP contribution in [0.4, 0.5) is 13.2 Å². The number of benzene rings is 2. The monoisotopic (exact) mass is 377 g/mol. The molecule has 0 spiro atoms. The third-order valence-corrected chi connectivity index (χ3v) is 4.69. The minimum Gasteiger partial charge on any atom is -0.480 e. The van der Waals surface area contributed by atoms with Crippen molar-refractivity contribution in [1.29, 1.82) is 0 Å². The molecule has 0 aromatic heterocycles. The van der Waals surface area contributed by atoms with Gasteiger partial charge < -0.3 is 10.4 Å². The molecule has 1 fully saturated rings. The number of rotatable bonds is 6. The smallest absolute Gasteiger partial charge is 0.416 e. The van der Waals surface area contributed by atoms with E-state index in [1.165, 1.54) is 12.1 Å². The van der Waals surface area contributed by atoms with E-state index < -0.39 is 29.7 Å². The Bertz CT molecular complexity index is 819. The van der Waals surface area contributed by atoms with Crippen molar-refractivity contribution in [3.63, 3.8) is 0 Å². The first-order valence-electron chi connectivity index (χ1n) is 8.50. The fourth-order valence-corrected chi connectivity index (χ4v) is 3.10. The van der Waals surface area contributed by atoms with Gasteiger partial charge in [-0.05, 0) is 35.6 Å². The second kappa shape index (κ2) is 7.42. The molecule has 7 heteroatoms. The first-order chi connectivity index (χ1) is 12.8. The maximum Gasteiger partial charge on any atom is 0.416 e. The Labute approximate surface area is 154 Å². The number of amides is 1. The van der Waals surface area contributed by atoms with Crippen molar-refractivity contribution in [2.75, 3.05) is 0 Å². The molecule has 2 N–H and O–H groups in total. The Balaban J connectivity index is 1.60. The molecule has 3 unspecified atom stereocenters. The van der Waals surface area contributed by atoms with Gasteiger partial charge in [0.1, 0.15) is 6.04 Å². The van der Waals surface area contributed by atoms with Gasteiger partial charge in [-0.3, -0.25) is 4.79 Å². The molecular formula is C20H18F3NO3. The van der Waals surface area contributed by atoms with Gasteiger partial charge in [-0.25, -0.2) is 4.79 Å². The van der Waals surface area contributed by atoms with Crippen LogP contribution in [0.15, 0.2) is 54.6 Å². The topological polar surface area (TPSA) is 66.4 Å². The van der Waals surface area contributed by atoms with Crippen LogP contribution in [0.5, 0.6) is 0 Å². The highest BCUT2D eigenvalue weighted by Gasteiger charge is 2.45. The molecule has 1 aliphatic carbocycles. The van der Waals surface area contributed by atoms with Crippen molar-refractivity contribution in [3.8, 4) is 0 Å². The number of nitrogens with one attached hydrogen (secondary N) is 1. The molecule has 0 heterocycles. The number of carboxylic acids is 1. The summed E-state index contributed by atoms with van der Waals surface area (Å²) in [5.41, 5.74) is 0.708. The lowest BCUT2D eigenvalue weighted by atomic mass is 10.0. The van der Waals surface area contributed by atoms with E-state index in [0.29, 0.717) is 12.0 Å². The summed E-state index contributed by atoms with van der Waals surface area (Å²) in [7, 11) is 0. The largest absolute Gasteiger partial charge is 0.480 e. The zero-order chi connectivity index (χ0) is 19.6. The van der Waals surface area contributed by atoms with Crippen LogP contribution in [0.1, 0.15) is 29.0 Å². The van der Waals surface area contributed by atoms with Crippen molar-refractivity contribution in [3.05, 3.63) is 71.3 Å². The summed E-state index contributed by atoms with van der Waals surface area (Å²) in [4.78, 5) is 23.8. The van der Waals surface area contributed by atoms with Crippen LogP contribution in [0.25, 0.3) is 0 Å². The van der Waals surface area contributed by atoms with Gasteiger partial charge in [0, 0.05) is 12.3 Å². The number of halogens is 3.